The number of non-ortho nitro benzene ring substituents is 1. The average Bonchev–Trinajstić information content (AvgIpc) is 2.88. The van der Waals surface area contributed by atoms with Gasteiger partial charge in [0.1, 0.15) is 0 Å². The third-order valence-electron chi connectivity index (χ3n) is 3.64. The van der Waals surface area contributed by atoms with E-state index in [9.17, 15) is 28.1 Å². The number of amides is 1. The number of halogens is 4. The molecule has 0 aliphatic carbocycles. The van der Waals surface area contributed by atoms with Crippen LogP contribution in [0.3, 0.4) is 0 Å². The number of alkyl halides is 3. The van der Waals surface area contributed by atoms with Crippen LogP contribution in [0.4, 0.5) is 24.5 Å². The number of carbonyl (C=O) groups excluding carboxylic acids is 1. The Balaban J connectivity index is 2.10. The van der Waals surface area contributed by atoms with Crippen molar-refractivity contribution >= 4 is 43.3 Å². The Kier molecular flexibility index (Phi) is 4.11. The maximum absolute atomic E-state index is 12.6. The number of carbonyl (C=O) groups is 1. The molecule has 0 fully saturated rings. The van der Waals surface area contributed by atoms with Crippen LogP contribution >= 0.6 is 15.9 Å². The predicted molar refractivity (Wildman–Crippen MR) is 88.9 cm³/mol. The first kappa shape index (κ1) is 17.2. The van der Waals surface area contributed by atoms with Crippen molar-refractivity contribution in [3.05, 3.63) is 69.3 Å². The lowest BCUT2D eigenvalue weighted by Gasteiger charge is -2.08. The molecule has 0 unspecified atom stereocenters. The number of nitro benzene ring substituents is 1. The van der Waals surface area contributed by atoms with Gasteiger partial charge in [-0.05, 0) is 39.7 Å². The summed E-state index contributed by atoms with van der Waals surface area (Å²) in [5.41, 5.74) is 0.172. The summed E-state index contributed by atoms with van der Waals surface area (Å²) in [6.07, 6.45) is -4.46. The first-order valence-corrected chi connectivity index (χ1v) is 7.65. The van der Waals surface area contributed by atoms with Gasteiger partial charge < -0.3 is 5.32 Å². The highest BCUT2D eigenvalue weighted by Gasteiger charge is 2.31. The molecule has 9 heteroatoms. The molecule has 1 N–H and O–H groups in total. The summed E-state index contributed by atoms with van der Waals surface area (Å²) in [5.74, 6) is -0.498. The van der Waals surface area contributed by atoms with E-state index in [1.807, 2.05) is 0 Å². The molecular weight excluding hydrogens is 405 g/mol. The summed E-state index contributed by atoms with van der Waals surface area (Å²) in [4.78, 5) is 22.5. The van der Waals surface area contributed by atoms with Crippen molar-refractivity contribution < 1.29 is 22.9 Å². The second-order valence-electron chi connectivity index (χ2n) is 5.21. The van der Waals surface area contributed by atoms with Gasteiger partial charge in [0.25, 0.3) is 11.6 Å². The zero-order valence-electron chi connectivity index (χ0n) is 12.2. The van der Waals surface area contributed by atoms with Crippen LogP contribution in [0.1, 0.15) is 16.7 Å². The van der Waals surface area contributed by atoms with Crippen LogP contribution in [0, 0.1) is 10.1 Å². The van der Waals surface area contributed by atoms with Gasteiger partial charge in [0.05, 0.1) is 16.1 Å². The predicted octanol–water partition coefficient (Wildman–Crippen LogP) is 4.83. The number of fused-ring (bicyclic) bond motifs is 1. The van der Waals surface area contributed by atoms with Crippen molar-refractivity contribution in [1.82, 2.24) is 0 Å². The number of nitrogens with one attached hydrogen (secondary N) is 1. The summed E-state index contributed by atoms with van der Waals surface area (Å²) in [5, 5.41) is 13.5. The Morgan fingerprint density at radius 3 is 2.32 bits per heavy atom. The molecule has 128 valence electrons. The normalized spacial score (nSPS) is 15.6. The van der Waals surface area contributed by atoms with Gasteiger partial charge in [-0.15, -0.1) is 0 Å². The van der Waals surface area contributed by atoms with Crippen LogP contribution in [0.15, 0.2) is 42.5 Å². The van der Waals surface area contributed by atoms with Gasteiger partial charge in [-0.2, -0.15) is 13.2 Å². The van der Waals surface area contributed by atoms with Gasteiger partial charge in [0, 0.05) is 27.9 Å². The molecule has 0 radical (unpaired) electrons. The monoisotopic (exact) mass is 412 g/mol. The third kappa shape index (κ3) is 3.14. The maximum Gasteiger partial charge on any atom is 0.416 e. The van der Waals surface area contributed by atoms with Crippen LogP contribution in [0.5, 0.6) is 0 Å². The average molecular weight is 413 g/mol. The molecule has 1 aliphatic heterocycles. The van der Waals surface area contributed by atoms with Gasteiger partial charge in [-0.1, -0.05) is 12.1 Å². The highest BCUT2D eigenvalue weighted by Crippen LogP contribution is 2.41. The molecule has 0 atom stereocenters. The molecule has 1 amide bonds. The van der Waals surface area contributed by atoms with E-state index in [4.69, 9.17) is 0 Å². The van der Waals surface area contributed by atoms with Gasteiger partial charge in [-0.25, -0.2) is 0 Å². The standard InChI is InChI=1S/C16H8BrF3N2O3/c17-14(8-1-3-9(4-2-8)16(18,19)20)13-11-7-10(22(24)25)5-6-12(11)21-15(13)23/h1-7H,(H,21,23). The lowest BCUT2D eigenvalue weighted by Crippen LogP contribution is -2.05. The molecule has 1 heterocycles. The van der Waals surface area contributed by atoms with Crippen molar-refractivity contribution in [1.29, 1.82) is 0 Å². The number of anilines is 1. The topological polar surface area (TPSA) is 72.2 Å². The fourth-order valence-electron chi connectivity index (χ4n) is 2.44. The molecule has 0 bridgehead atoms. The molecule has 0 spiro atoms. The van der Waals surface area contributed by atoms with Crippen LogP contribution in [0.2, 0.25) is 0 Å². The second kappa shape index (κ2) is 5.99. The van der Waals surface area contributed by atoms with E-state index in [-0.39, 0.29) is 15.7 Å². The molecule has 1 aliphatic rings. The van der Waals surface area contributed by atoms with Gasteiger partial charge in [-0.3, -0.25) is 14.9 Å². The lowest BCUT2D eigenvalue weighted by molar-refractivity contribution is -0.384. The van der Waals surface area contributed by atoms with E-state index in [0.717, 1.165) is 12.1 Å². The number of benzene rings is 2. The van der Waals surface area contributed by atoms with E-state index in [0.29, 0.717) is 16.8 Å². The molecule has 0 saturated heterocycles. The molecule has 2 aromatic carbocycles. The quantitative estimate of drug-likeness (QED) is 0.436. The first-order valence-electron chi connectivity index (χ1n) is 6.86. The molecule has 0 saturated carbocycles. The minimum atomic E-state index is -4.46. The van der Waals surface area contributed by atoms with Gasteiger partial charge in [0.2, 0.25) is 0 Å². The zero-order chi connectivity index (χ0) is 18.4. The van der Waals surface area contributed by atoms with E-state index in [1.165, 1.54) is 30.3 Å². The second-order valence-corrected chi connectivity index (χ2v) is 6.00. The van der Waals surface area contributed by atoms with Crippen molar-refractivity contribution in [3.8, 4) is 0 Å². The highest BCUT2D eigenvalue weighted by molar-refractivity contribution is 9.15. The van der Waals surface area contributed by atoms with Crippen LogP contribution in [-0.2, 0) is 11.0 Å². The number of nitro groups is 1. The Hall–Kier alpha value is -2.68. The van der Waals surface area contributed by atoms with Crippen LogP contribution in [-0.4, -0.2) is 10.8 Å². The van der Waals surface area contributed by atoms with Gasteiger partial charge in [0.15, 0.2) is 0 Å². The number of nitrogens with zero attached hydrogens (tertiary/aromatic N) is 1. The molecule has 5 nitrogen and oxygen atoms in total. The Morgan fingerprint density at radius 2 is 1.76 bits per heavy atom. The minimum absolute atomic E-state index is 0.124. The molecule has 0 aromatic heterocycles. The Bertz CT molecular complexity index is 921. The largest absolute Gasteiger partial charge is 0.416 e. The molecular formula is C16H8BrF3N2O3. The smallest absolute Gasteiger partial charge is 0.321 e. The van der Waals surface area contributed by atoms with E-state index in [1.54, 1.807) is 0 Å². The van der Waals surface area contributed by atoms with Crippen molar-refractivity contribution in [3.63, 3.8) is 0 Å². The van der Waals surface area contributed by atoms with E-state index in [2.05, 4.69) is 21.2 Å². The van der Waals surface area contributed by atoms with E-state index >= 15 is 0 Å². The SMILES string of the molecule is O=C1Nc2ccc([N+](=O)[O-])cc2C1=C(Br)c1ccc(C(F)(F)F)cc1. The third-order valence-corrected chi connectivity index (χ3v) is 4.50. The fourth-order valence-corrected chi connectivity index (χ4v) is 3.09. The summed E-state index contributed by atoms with van der Waals surface area (Å²) < 4.78 is 38.2. The van der Waals surface area contributed by atoms with Crippen molar-refractivity contribution in [2.24, 2.45) is 0 Å². The Labute approximate surface area is 147 Å². The lowest BCUT2D eigenvalue weighted by atomic mass is 10.0. The summed E-state index contributed by atoms with van der Waals surface area (Å²) in [6.45, 7) is 0. The zero-order valence-corrected chi connectivity index (χ0v) is 13.8. The number of hydrogen-bond acceptors (Lipinski definition) is 3. The summed E-state index contributed by atoms with van der Waals surface area (Å²) in [6, 6.07) is 8.16. The van der Waals surface area contributed by atoms with Crippen molar-refractivity contribution in [2.75, 3.05) is 5.32 Å². The summed E-state index contributed by atoms with van der Waals surface area (Å²) in [7, 11) is 0. The van der Waals surface area contributed by atoms with E-state index < -0.39 is 22.6 Å². The summed E-state index contributed by atoms with van der Waals surface area (Å²) >= 11 is 3.23. The fraction of sp³-hybridized carbons (Fsp3) is 0.0625. The van der Waals surface area contributed by atoms with Crippen molar-refractivity contribution in [2.45, 2.75) is 6.18 Å². The minimum Gasteiger partial charge on any atom is -0.321 e. The number of hydrogen-bond donors (Lipinski definition) is 1. The molecule has 25 heavy (non-hydrogen) atoms. The molecule has 3 rings (SSSR count). The van der Waals surface area contributed by atoms with Gasteiger partial charge >= 0.3 is 6.18 Å². The highest BCUT2D eigenvalue weighted by atomic mass is 79.9. The van der Waals surface area contributed by atoms with Crippen LogP contribution in [0.25, 0.3) is 10.1 Å². The first-order chi connectivity index (χ1) is 11.7. The van der Waals surface area contributed by atoms with Crippen LogP contribution < -0.4 is 5.32 Å². The molecule has 2 aromatic rings. The Morgan fingerprint density at radius 1 is 1.12 bits per heavy atom. The maximum atomic E-state index is 12.6. The number of rotatable bonds is 2.